The average molecular weight is 351 g/mol. The Labute approximate surface area is 153 Å². The lowest BCUT2D eigenvalue weighted by Crippen LogP contribution is -2.26. The first-order chi connectivity index (χ1) is 12.3. The van der Waals surface area contributed by atoms with Crippen LogP contribution in [0.15, 0.2) is 48.2 Å². The van der Waals surface area contributed by atoms with Gasteiger partial charge in [-0.15, -0.1) is 0 Å². The van der Waals surface area contributed by atoms with Crippen LogP contribution in [0.5, 0.6) is 0 Å². The number of nitrogens with zero attached hydrogens (tertiary/aromatic N) is 2. The molecule has 6 heteroatoms. The van der Waals surface area contributed by atoms with Crippen LogP contribution in [0, 0.1) is 0 Å². The van der Waals surface area contributed by atoms with Crippen molar-refractivity contribution in [1.29, 1.82) is 0 Å². The summed E-state index contributed by atoms with van der Waals surface area (Å²) in [5, 5.41) is 8.13. The fraction of sp³-hybridized carbons (Fsp3) is 0.300. The molecule has 0 fully saturated rings. The van der Waals surface area contributed by atoms with Crippen molar-refractivity contribution in [2.45, 2.75) is 39.2 Å². The van der Waals surface area contributed by atoms with E-state index in [1.54, 1.807) is 12.1 Å². The highest BCUT2D eigenvalue weighted by molar-refractivity contribution is 6.04. The lowest BCUT2D eigenvalue weighted by atomic mass is 10.1. The number of rotatable bonds is 4. The predicted octanol–water partition coefficient (Wildman–Crippen LogP) is 3.63. The van der Waals surface area contributed by atoms with Crippen LogP contribution in [0.25, 0.3) is 11.3 Å². The van der Waals surface area contributed by atoms with E-state index in [1.807, 2.05) is 49.7 Å². The maximum absolute atomic E-state index is 12.3. The van der Waals surface area contributed by atoms with Crippen LogP contribution >= 0.6 is 0 Å². The van der Waals surface area contributed by atoms with Crippen molar-refractivity contribution in [3.8, 4) is 11.3 Å². The Morgan fingerprint density at radius 1 is 1.23 bits per heavy atom. The summed E-state index contributed by atoms with van der Waals surface area (Å²) in [7, 11) is 0. The van der Waals surface area contributed by atoms with Crippen LogP contribution in [-0.4, -0.2) is 15.7 Å². The topological polar surface area (TPSA) is 99.0 Å². The standard InChI is InChI=1S/C20H25N5O/c1-20(2,3)25-19(23-15-7-5-4-6-8-15)16(18(22)26)17(24-25)13-9-11-14(21)12-10-13/h4-5,7,9-12,23H,6,8,21H2,1-3H3,(H2,22,26). The zero-order valence-corrected chi connectivity index (χ0v) is 15.4. The normalized spacial score (nSPS) is 14.2. The zero-order valence-electron chi connectivity index (χ0n) is 15.4. The van der Waals surface area contributed by atoms with Gasteiger partial charge in [-0.2, -0.15) is 5.10 Å². The van der Waals surface area contributed by atoms with Gasteiger partial charge in [-0.1, -0.05) is 24.3 Å². The molecule has 0 bridgehead atoms. The van der Waals surface area contributed by atoms with Crippen LogP contribution in [-0.2, 0) is 5.54 Å². The third-order valence-electron chi connectivity index (χ3n) is 4.24. The molecule has 0 spiro atoms. The van der Waals surface area contributed by atoms with Crippen molar-refractivity contribution in [3.63, 3.8) is 0 Å². The molecule has 26 heavy (non-hydrogen) atoms. The molecule has 0 radical (unpaired) electrons. The first kappa shape index (κ1) is 17.8. The van der Waals surface area contributed by atoms with Crippen molar-refractivity contribution < 1.29 is 4.79 Å². The summed E-state index contributed by atoms with van der Waals surface area (Å²) < 4.78 is 1.83. The third kappa shape index (κ3) is 3.49. The number of carbonyl (C=O) groups excluding carboxylic acids is 1. The minimum Gasteiger partial charge on any atom is -0.399 e. The Balaban J connectivity index is 2.19. The average Bonchev–Trinajstić information content (AvgIpc) is 2.96. The fourth-order valence-electron chi connectivity index (χ4n) is 2.95. The highest BCUT2D eigenvalue weighted by Gasteiger charge is 2.29. The van der Waals surface area contributed by atoms with Gasteiger partial charge < -0.3 is 16.8 Å². The van der Waals surface area contributed by atoms with E-state index in [4.69, 9.17) is 16.6 Å². The summed E-state index contributed by atoms with van der Waals surface area (Å²) in [5.41, 5.74) is 14.6. The number of amides is 1. The van der Waals surface area contributed by atoms with Crippen molar-refractivity contribution in [2.75, 3.05) is 11.1 Å². The van der Waals surface area contributed by atoms with Gasteiger partial charge in [0, 0.05) is 16.9 Å². The molecule has 0 aliphatic heterocycles. The van der Waals surface area contributed by atoms with Gasteiger partial charge in [0.05, 0.1) is 5.54 Å². The molecule has 136 valence electrons. The van der Waals surface area contributed by atoms with Gasteiger partial charge in [-0.3, -0.25) is 4.79 Å². The van der Waals surface area contributed by atoms with Crippen molar-refractivity contribution in [3.05, 3.63) is 53.8 Å². The Hall–Kier alpha value is -3.02. The summed E-state index contributed by atoms with van der Waals surface area (Å²) in [6, 6.07) is 7.28. The quantitative estimate of drug-likeness (QED) is 0.732. The summed E-state index contributed by atoms with van der Waals surface area (Å²) in [4.78, 5) is 12.3. The van der Waals surface area contributed by atoms with Gasteiger partial charge in [0.15, 0.2) is 0 Å². The molecule has 5 N–H and O–H groups in total. The molecular formula is C20H25N5O. The number of hydrogen-bond donors (Lipinski definition) is 3. The van der Waals surface area contributed by atoms with Gasteiger partial charge in [-0.05, 0) is 51.8 Å². The maximum atomic E-state index is 12.3. The molecule has 1 aliphatic carbocycles. The molecule has 0 saturated carbocycles. The molecule has 1 amide bonds. The van der Waals surface area contributed by atoms with E-state index in [0.29, 0.717) is 22.8 Å². The number of benzene rings is 1. The molecule has 6 nitrogen and oxygen atoms in total. The second kappa shape index (κ2) is 6.71. The molecule has 1 aliphatic rings. The highest BCUT2D eigenvalue weighted by Crippen LogP contribution is 2.34. The van der Waals surface area contributed by atoms with Gasteiger partial charge in [0.25, 0.3) is 5.91 Å². The lowest BCUT2D eigenvalue weighted by Gasteiger charge is -2.24. The first-order valence-electron chi connectivity index (χ1n) is 8.69. The lowest BCUT2D eigenvalue weighted by molar-refractivity contribution is 0.100. The van der Waals surface area contributed by atoms with Crippen LogP contribution in [0.1, 0.15) is 44.0 Å². The predicted molar refractivity (Wildman–Crippen MR) is 106 cm³/mol. The summed E-state index contributed by atoms with van der Waals surface area (Å²) in [6.45, 7) is 6.12. The monoisotopic (exact) mass is 351 g/mol. The first-order valence-corrected chi connectivity index (χ1v) is 8.69. The summed E-state index contributed by atoms with van der Waals surface area (Å²) in [5.74, 6) is 0.111. The zero-order chi connectivity index (χ0) is 18.9. The van der Waals surface area contributed by atoms with Crippen LogP contribution in [0.2, 0.25) is 0 Å². The SMILES string of the molecule is CC(C)(C)n1nc(-c2ccc(N)cc2)c(C(N)=O)c1NC1=CC=CCC1. The minimum absolute atomic E-state index is 0.330. The molecule has 2 aromatic rings. The Morgan fingerprint density at radius 3 is 2.46 bits per heavy atom. The Bertz CT molecular complexity index is 882. The Morgan fingerprint density at radius 2 is 1.92 bits per heavy atom. The number of anilines is 2. The molecule has 3 rings (SSSR count). The van der Waals surface area contributed by atoms with E-state index in [0.717, 1.165) is 24.1 Å². The summed E-state index contributed by atoms with van der Waals surface area (Å²) >= 11 is 0. The minimum atomic E-state index is -0.512. The number of allylic oxidation sites excluding steroid dienone is 4. The van der Waals surface area contributed by atoms with Gasteiger partial charge in [-0.25, -0.2) is 4.68 Å². The molecule has 1 heterocycles. The largest absolute Gasteiger partial charge is 0.399 e. The molecule has 0 unspecified atom stereocenters. The number of nitrogen functional groups attached to an aromatic ring is 1. The van der Waals surface area contributed by atoms with Crippen molar-refractivity contribution in [2.24, 2.45) is 5.73 Å². The highest BCUT2D eigenvalue weighted by atomic mass is 16.1. The van der Waals surface area contributed by atoms with E-state index in [2.05, 4.69) is 11.4 Å². The van der Waals surface area contributed by atoms with E-state index < -0.39 is 5.91 Å². The molecule has 1 aromatic heterocycles. The second-order valence-electron chi connectivity index (χ2n) is 7.42. The number of nitrogens with one attached hydrogen (secondary N) is 1. The maximum Gasteiger partial charge on any atom is 0.254 e. The van der Waals surface area contributed by atoms with Crippen molar-refractivity contribution in [1.82, 2.24) is 9.78 Å². The van der Waals surface area contributed by atoms with Gasteiger partial charge >= 0.3 is 0 Å². The Kier molecular flexibility index (Phi) is 4.59. The molecule has 0 atom stereocenters. The van der Waals surface area contributed by atoms with Crippen LogP contribution < -0.4 is 16.8 Å². The molecule has 1 aromatic carbocycles. The second-order valence-corrected chi connectivity index (χ2v) is 7.42. The van der Waals surface area contributed by atoms with E-state index >= 15 is 0 Å². The molecule has 0 saturated heterocycles. The molecular weight excluding hydrogens is 326 g/mol. The number of hydrogen-bond acceptors (Lipinski definition) is 4. The van der Waals surface area contributed by atoms with Gasteiger partial charge in [0.2, 0.25) is 0 Å². The van der Waals surface area contributed by atoms with E-state index in [9.17, 15) is 4.79 Å². The van der Waals surface area contributed by atoms with Crippen LogP contribution in [0.3, 0.4) is 0 Å². The van der Waals surface area contributed by atoms with Gasteiger partial charge in [0.1, 0.15) is 17.1 Å². The number of nitrogens with two attached hydrogens (primary N) is 2. The van der Waals surface area contributed by atoms with Crippen molar-refractivity contribution >= 4 is 17.4 Å². The van der Waals surface area contributed by atoms with E-state index in [-0.39, 0.29) is 5.54 Å². The van der Waals surface area contributed by atoms with Crippen LogP contribution in [0.4, 0.5) is 11.5 Å². The number of aromatic nitrogens is 2. The van der Waals surface area contributed by atoms with E-state index in [1.165, 1.54) is 0 Å². The number of carbonyl (C=O) groups is 1. The third-order valence-corrected chi connectivity index (χ3v) is 4.24. The fourth-order valence-corrected chi connectivity index (χ4v) is 2.95. The summed E-state index contributed by atoms with van der Waals surface area (Å²) in [6.07, 6.45) is 7.97. The number of primary amides is 1. The smallest absolute Gasteiger partial charge is 0.254 e.